The van der Waals surface area contributed by atoms with E-state index in [2.05, 4.69) is 36.2 Å². The fourth-order valence-electron chi connectivity index (χ4n) is 2.54. The van der Waals surface area contributed by atoms with Crippen molar-refractivity contribution in [2.24, 2.45) is 0 Å². The molecule has 0 aromatic heterocycles. The van der Waals surface area contributed by atoms with Crippen LogP contribution >= 0.6 is 0 Å². The number of likely N-dealkylation sites (tertiary alicyclic amines) is 1. The van der Waals surface area contributed by atoms with E-state index >= 15 is 0 Å². The molecule has 2 nitrogen and oxygen atoms in total. The van der Waals surface area contributed by atoms with Gasteiger partial charge < -0.3 is 4.90 Å². The number of piperidine rings is 1. The lowest BCUT2D eigenvalue weighted by Crippen LogP contribution is -2.29. The molecule has 1 aromatic carbocycles. The molecule has 0 unspecified atom stereocenters. The second-order valence-corrected chi connectivity index (χ2v) is 5.20. The minimum Gasteiger partial charge on any atom is -0.306 e. The van der Waals surface area contributed by atoms with Crippen LogP contribution in [0.15, 0.2) is 24.3 Å². The molecule has 2 rings (SSSR count). The van der Waals surface area contributed by atoms with Gasteiger partial charge in [0.2, 0.25) is 0 Å². The van der Waals surface area contributed by atoms with Crippen LogP contribution < -0.4 is 0 Å². The molecule has 1 fully saturated rings. The third kappa shape index (κ3) is 3.40. The topological polar surface area (TPSA) is 20.3 Å². The smallest absolute Gasteiger partial charge is 0.134 e. The highest BCUT2D eigenvalue weighted by atomic mass is 16.1. The molecular weight excluding hydrogens is 210 g/mol. The highest BCUT2D eigenvalue weighted by Gasteiger charge is 2.17. The van der Waals surface area contributed by atoms with Gasteiger partial charge in [0.25, 0.3) is 0 Å². The maximum atomic E-state index is 11.0. The van der Waals surface area contributed by atoms with Gasteiger partial charge in [-0.25, -0.2) is 0 Å². The Morgan fingerprint density at radius 3 is 2.35 bits per heavy atom. The first-order valence-electron chi connectivity index (χ1n) is 6.42. The molecule has 0 aliphatic carbocycles. The number of ketones is 1. The normalized spacial score (nSPS) is 18.2. The van der Waals surface area contributed by atoms with Crippen LogP contribution in [0.3, 0.4) is 0 Å². The Morgan fingerprint density at radius 1 is 1.24 bits per heavy atom. The zero-order valence-corrected chi connectivity index (χ0v) is 10.8. The van der Waals surface area contributed by atoms with Crippen LogP contribution in [-0.4, -0.2) is 30.8 Å². The quantitative estimate of drug-likeness (QED) is 0.797. The molecule has 0 spiro atoms. The van der Waals surface area contributed by atoms with E-state index in [1.165, 1.54) is 31.5 Å². The molecule has 1 saturated heterocycles. The van der Waals surface area contributed by atoms with Crippen LogP contribution in [0.25, 0.3) is 0 Å². The van der Waals surface area contributed by atoms with Gasteiger partial charge in [0.05, 0.1) is 0 Å². The summed E-state index contributed by atoms with van der Waals surface area (Å²) in [4.78, 5) is 13.4. The number of nitrogens with zero attached hydrogens (tertiary/aromatic N) is 1. The van der Waals surface area contributed by atoms with Gasteiger partial charge in [0, 0.05) is 6.42 Å². The molecule has 0 atom stereocenters. The van der Waals surface area contributed by atoms with Crippen LogP contribution in [0.1, 0.15) is 36.8 Å². The van der Waals surface area contributed by atoms with Crippen molar-refractivity contribution in [3.8, 4) is 0 Å². The zero-order valence-electron chi connectivity index (χ0n) is 10.8. The summed E-state index contributed by atoms with van der Waals surface area (Å²) in [6.45, 7) is 4.03. The van der Waals surface area contributed by atoms with E-state index < -0.39 is 0 Å². The predicted molar refractivity (Wildman–Crippen MR) is 70.3 cm³/mol. The van der Waals surface area contributed by atoms with Crippen molar-refractivity contribution in [1.82, 2.24) is 4.90 Å². The average molecular weight is 231 g/mol. The fraction of sp³-hybridized carbons (Fsp3) is 0.533. The van der Waals surface area contributed by atoms with E-state index in [-0.39, 0.29) is 5.78 Å². The van der Waals surface area contributed by atoms with Gasteiger partial charge in [0.15, 0.2) is 0 Å². The zero-order chi connectivity index (χ0) is 12.3. The molecule has 92 valence electrons. The number of carbonyl (C=O) groups is 1. The molecule has 1 aliphatic heterocycles. The number of carbonyl (C=O) groups excluding carboxylic acids is 1. The number of Topliss-reactive ketones (excluding diaryl/α,β-unsaturated/α-hetero) is 1. The Kier molecular flexibility index (Phi) is 3.95. The van der Waals surface area contributed by atoms with Gasteiger partial charge in [0.1, 0.15) is 5.78 Å². The highest BCUT2D eigenvalue weighted by Crippen LogP contribution is 2.27. The Labute approximate surface area is 104 Å². The number of hydrogen-bond acceptors (Lipinski definition) is 2. The lowest BCUT2D eigenvalue weighted by molar-refractivity contribution is -0.116. The monoisotopic (exact) mass is 231 g/mol. The lowest BCUT2D eigenvalue weighted by atomic mass is 9.89. The third-order valence-electron chi connectivity index (χ3n) is 3.62. The Bertz CT molecular complexity index is 374. The molecule has 17 heavy (non-hydrogen) atoms. The Hall–Kier alpha value is -1.15. The average Bonchev–Trinajstić information content (AvgIpc) is 2.30. The molecule has 1 aromatic rings. The minimum absolute atomic E-state index is 0.233. The number of rotatable bonds is 3. The third-order valence-corrected chi connectivity index (χ3v) is 3.62. The SMILES string of the molecule is CC(=O)Cc1ccc(C2CCN(C)CC2)cc1. The fourth-order valence-corrected chi connectivity index (χ4v) is 2.54. The molecule has 1 aliphatic rings. The van der Waals surface area contributed by atoms with Crippen LogP contribution in [0.5, 0.6) is 0 Å². The van der Waals surface area contributed by atoms with Gasteiger partial charge in [-0.1, -0.05) is 24.3 Å². The van der Waals surface area contributed by atoms with Crippen LogP contribution in [-0.2, 0) is 11.2 Å². The largest absolute Gasteiger partial charge is 0.306 e. The number of hydrogen-bond donors (Lipinski definition) is 0. The van der Waals surface area contributed by atoms with Crippen molar-refractivity contribution in [2.75, 3.05) is 20.1 Å². The molecule has 0 amide bonds. The van der Waals surface area contributed by atoms with Crippen molar-refractivity contribution in [1.29, 1.82) is 0 Å². The first-order chi connectivity index (χ1) is 8.15. The van der Waals surface area contributed by atoms with Crippen LogP contribution in [0.4, 0.5) is 0 Å². The molecule has 0 N–H and O–H groups in total. The second-order valence-electron chi connectivity index (χ2n) is 5.20. The molecule has 0 bridgehead atoms. The molecule has 0 radical (unpaired) electrons. The second kappa shape index (κ2) is 5.46. The van der Waals surface area contributed by atoms with Crippen LogP contribution in [0.2, 0.25) is 0 Å². The number of benzene rings is 1. The summed E-state index contributed by atoms with van der Waals surface area (Å²) in [5.74, 6) is 0.939. The van der Waals surface area contributed by atoms with Gasteiger partial charge in [-0.2, -0.15) is 0 Å². The van der Waals surface area contributed by atoms with E-state index in [1.54, 1.807) is 6.92 Å². The van der Waals surface area contributed by atoms with Crippen molar-refractivity contribution in [2.45, 2.75) is 32.1 Å². The summed E-state index contributed by atoms with van der Waals surface area (Å²) in [6, 6.07) is 8.62. The van der Waals surface area contributed by atoms with E-state index in [9.17, 15) is 4.79 Å². The summed E-state index contributed by atoms with van der Waals surface area (Å²) in [5, 5.41) is 0. The molecule has 2 heteroatoms. The first kappa shape index (κ1) is 12.3. The molecule has 0 saturated carbocycles. The van der Waals surface area contributed by atoms with Gasteiger partial charge in [-0.05, 0) is 56.9 Å². The van der Waals surface area contributed by atoms with Gasteiger partial charge >= 0.3 is 0 Å². The van der Waals surface area contributed by atoms with Crippen molar-refractivity contribution < 1.29 is 4.79 Å². The summed E-state index contributed by atoms with van der Waals surface area (Å²) in [7, 11) is 2.19. The molecular formula is C15H21NO. The van der Waals surface area contributed by atoms with Crippen molar-refractivity contribution in [3.63, 3.8) is 0 Å². The standard InChI is InChI=1S/C15H21NO/c1-12(17)11-13-3-5-14(6-4-13)15-7-9-16(2)10-8-15/h3-6,15H,7-11H2,1-2H3. The van der Waals surface area contributed by atoms with Crippen molar-refractivity contribution >= 4 is 5.78 Å². The Balaban J connectivity index is 2.00. The summed E-state index contributed by atoms with van der Waals surface area (Å²) < 4.78 is 0. The van der Waals surface area contributed by atoms with E-state index in [1.807, 2.05) is 0 Å². The highest BCUT2D eigenvalue weighted by molar-refractivity contribution is 5.78. The maximum Gasteiger partial charge on any atom is 0.134 e. The minimum atomic E-state index is 0.233. The maximum absolute atomic E-state index is 11.0. The van der Waals surface area contributed by atoms with Crippen LogP contribution in [0, 0.1) is 0 Å². The summed E-state index contributed by atoms with van der Waals surface area (Å²) in [5.41, 5.74) is 2.57. The van der Waals surface area contributed by atoms with Gasteiger partial charge in [-0.3, -0.25) is 4.79 Å². The lowest BCUT2D eigenvalue weighted by Gasteiger charge is -2.29. The van der Waals surface area contributed by atoms with E-state index in [0.717, 1.165) is 5.56 Å². The van der Waals surface area contributed by atoms with Gasteiger partial charge in [-0.15, -0.1) is 0 Å². The first-order valence-corrected chi connectivity index (χ1v) is 6.42. The summed E-state index contributed by atoms with van der Waals surface area (Å²) in [6.07, 6.45) is 3.07. The van der Waals surface area contributed by atoms with E-state index in [0.29, 0.717) is 12.3 Å². The predicted octanol–water partition coefficient (Wildman–Crippen LogP) is 2.63. The molecule has 1 heterocycles. The van der Waals surface area contributed by atoms with Crippen molar-refractivity contribution in [3.05, 3.63) is 35.4 Å². The summed E-state index contributed by atoms with van der Waals surface area (Å²) >= 11 is 0. The van der Waals surface area contributed by atoms with E-state index in [4.69, 9.17) is 0 Å². The Morgan fingerprint density at radius 2 is 1.82 bits per heavy atom.